The van der Waals surface area contributed by atoms with E-state index in [1.807, 2.05) is 29.2 Å². The number of aliphatic hydroxyl groups excluding tert-OH is 1. The Kier molecular flexibility index (Phi) is 3.22. The Bertz CT molecular complexity index is 392. The van der Waals surface area contributed by atoms with Gasteiger partial charge in [0.05, 0.1) is 6.61 Å². The van der Waals surface area contributed by atoms with E-state index < -0.39 is 12.0 Å². The number of aliphatic carboxylic acids is 1. The summed E-state index contributed by atoms with van der Waals surface area (Å²) in [5.74, 6) is -0.817. The summed E-state index contributed by atoms with van der Waals surface area (Å²) in [7, 11) is 0. The summed E-state index contributed by atoms with van der Waals surface area (Å²) in [6.07, 6.45) is 0.519. The minimum absolute atomic E-state index is 0.00799. The van der Waals surface area contributed by atoms with Crippen LogP contribution in [0.5, 0.6) is 0 Å². The average Bonchev–Trinajstić information content (AvgIpc) is 2.28. The van der Waals surface area contributed by atoms with E-state index in [9.17, 15) is 4.79 Å². The predicted molar refractivity (Wildman–Crippen MR) is 59.1 cm³/mol. The van der Waals surface area contributed by atoms with Gasteiger partial charge in [-0.1, -0.05) is 24.3 Å². The van der Waals surface area contributed by atoms with Crippen LogP contribution in [0.15, 0.2) is 24.3 Å². The Morgan fingerprint density at radius 2 is 2.06 bits per heavy atom. The Balaban J connectivity index is 2.25. The zero-order chi connectivity index (χ0) is 11.5. The van der Waals surface area contributed by atoms with Crippen LogP contribution in [0.25, 0.3) is 0 Å². The van der Waals surface area contributed by atoms with Crippen LogP contribution >= 0.6 is 0 Å². The third-order valence-electron chi connectivity index (χ3n) is 3.02. The fourth-order valence-electron chi connectivity index (χ4n) is 2.18. The van der Waals surface area contributed by atoms with Crippen molar-refractivity contribution in [3.8, 4) is 0 Å². The molecule has 0 spiro atoms. The highest BCUT2D eigenvalue weighted by atomic mass is 16.4. The quantitative estimate of drug-likeness (QED) is 0.780. The number of nitrogens with zero attached hydrogens (tertiary/aromatic N) is 1. The molecule has 0 saturated carbocycles. The van der Waals surface area contributed by atoms with Crippen LogP contribution in [0.4, 0.5) is 0 Å². The van der Waals surface area contributed by atoms with Crippen LogP contribution < -0.4 is 0 Å². The lowest BCUT2D eigenvalue weighted by atomic mass is 9.94. The van der Waals surface area contributed by atoms with E-state index in [0.29, 0.717) is 19.5 Å². The number of fused-ring (bicyclic) bond motifs is 1. The molecule has 0 unspecified atom stereocenters. The van der Waals surface area contributed by atoms with Gasteiger partial charge in [0.25, 0.3) is 0 Å². The first-order valence-electron chi connectivity index (χ1n) is 5.37. The van der Waals surface area contributed by atoms with Gasteiger partial charge in [0.2, 0.25) is 0 Å². The molecule has 0 amide bonds. The van der Waals surface area contributed by atoms with E-state index in [-0.39, 0.29) is 6.61 Å². The zero-order valence-corrected chi connectivity index (χ0v) is 8.97. The summed E-state index contributed by atoms with van der Waals surface area (Å²) in [5.41, 5.74) is 2.26. The van der Waals surface area contributed by atoms with Gasteiger partial charge in [-0.3, -0.25) is 9.69 Å². The second kappa shape index (κ2) is 4.63. The first kappa shape index (κ1) is 11.1. The van der Waals surface area contributed by atoms with Crippen molar-refractivity contribution in [2.45, 2.75) is 19.0 Å². The van der Waals surface area contributed by atoms with Crippen LogP contribution in [-0.4, -0.2) is 40.3 Å². The van der Waals surface area contributed by atoms with E-state index in [2.05, 4.69) is 0 Å². The van der Waals surface area contributed by atoms with Crippen LogP contribution in [0.1, 0.15) is 11.1 Å². The van der Waals surface area contributed by atoms with Crippen molar-refractivity contribution in [2.24, 2.45) is 0 Å². The molecule has 1 aromatic carbocycles. The molecule has 16 heavy (non-hydrogen) atoms. The third-order valence-corrected chi connectivity index (χ3v) is 3.02. The van der Waals surface area contributed by atoms with Gasteiger partial charge in [0.1, 0.15) is 6.04 Å². The molecule has 0 aromatic heterocycles. The Hall–Kier alpha value is -1.39. The van der Waals surface area contributed by atoms with Crippen molar-refractivity contribution in [3.05, 3.63) is 35.4 Å². The number of hydrogen-bond donors (Lipinski definition) is 2. The van der Waals surface area contributed by atoms with Crippen molar-refractivity contribution in [1.82, 2.24) is 4.90 Å². The molecule has 1 aliphatic heterocycles. The fourth-order valence-corrected chi connectivity index (χ4v) is 2.18. The summed E-state index contributed by atoms with van der Waals surface area (Å²) < 4.78 is 0. The monoisotopic (exact) mass is 221 g/mol. The normalized spacial score (nSPS) is 20.4. The van der Waals surface area contributed by atoms with E-state index in [4.69, 9.17) is 10.2 Å². The molecule has 0 fully saturated rings. The van der Waals surface area contributed by atoms with Gasteiger partial charge in [-0.2, -0.15) is 0 Å². The molecule has 4 heteroatoms. The summed E-state index contributed by atoms with van der Waals surface area (Å²) in [4.78, 5) is 12.9. The molecule has 1 atom stereocenters. The molecule has 2 N–H and O–H groups in total. The van der Waals surface area contributed by atoms with Crippen molar-refractivity contribution in [1.29, 1.82) is 0 Å². The summed E-state index contributed by atoms with van der Waals surface area (Å²) in [5, 5.41) is 18.1. The van der Waals surface area contributed by atoms with Gasteiger partial charge in [-0.15, -0.1) is 0 Å². The molecule has 2 rings (SSSR count). The molecule has 86 valence electrons. The lowest BCUT2D eigenvalue weighted by Crippen LogP contribution is -2.46. The van der Waals surface area contributed by atoms with Crippen LogP contribution in [0, 0.1) is 0 Å². The molecule has 1 aliphatic rings. The van der Waals surface area contributed by atoms with Crippen molar-refractivity contribution in [3.63, 3.8) is 0 Å². The van der Waals surface area contributed by atoms with E-state index >= 15 is 0 Å². The topological polar surface area (TPSA) is 60.8 Å². The molecule has 1 heterocycles. The number of benzene rings is 1. The smallest absolute Gasteiger partial charge is 0.321 e. The lowest BCUT2D eigenvalue weighted by molar-refractivity contribution is -0.144. The van der Waals surface area contributed by atoms with Crippen molar-refractivity contribution in [2.75, 3.05) is 13.2 Å². The minimum atomic E-state index is -0.817. The predicted octanol–water partition coefficient (Wildman–Crippen LogP) is 0.490. The first-order chi connectivity index (χ1) is 7.72. The van der Waals surface area contributed by atoms with Gasteiger partial charge in [-0.25, -0.2) is 0 Å². The molecule has 0 bridgehead atoms. The van der Waals surface area contributed by atoms with Gasteiger partial charge >= 0.3 is 5.97 Å². The van der Waals surface area contributed by atoms with Crippen molar-refractivity contribution < 1.29 is 15.0 Å². The second-order valence-electron chi connectivity index (χ2n) is 4.02. The van der Waals surface area contributed by atoms with Gasteiger partial charge in [0.15, 0.2) is 0 Å². The number of β-amino-alcohol motifs (C(OH)–C–C–N with tert-alkyl or cyclic N) is 1. The average molecular weight is 221 g/mol. The van der Waals surface area contributed by atoms with E-state index in [0.717, 1.165) is 11.1 Å². The second-order valence-corrected chi connectivity index (χ2v) is 4.02. The van der Waals surface area contributed by atoms with E-state index in [1.54, 1.807) is 0 Å². The Morgan fingerprint density at radius 1 is 1.38 bits per heavy atom. The molecule has 0 saturated heterocycles. The molecule has 4 nitrogen and oxygen atoms in total. The SMILES string of the molecule is O=C(O)[C@@H]1Cc2ccccc2CN1CCO. The number of aliphatic hydroxyl groups is 1. The number of carboxylic acids is 1. The number of carboxylic acid groups (broad SMARTS) is 1. The van der Waals surface area contributed by atoms with Crippen molar-refractivity contribution >= 4 is 5.97 Å². The molecule has 1 aromatic rings. The van der Waals surface area contributed by atoms with Crippen LogP contribution in [-0.2, 0) is 17.8 Å². The minimum Gasteiger partial charge on any atom is -0.480 e. The fraction of sp³-hybridized carbons (Fsp3) is 0.417. The zero-order valence-electron chi connectivity index (χ0n) is 8.97. The van der Waals surface area contributed by atoms with Crippen LogP contribution in [0.3, 0.4) is 0 Å². The van der Waals surface area contributed by atoms with Crippen LogP contribution in [0.2, 0.25) is 0 Å². The molecular weight excluding hydrogens is 206 g/mol. The summed E-state index contributed by atoms with van der Waals surface area (Å²) >= 11 is 0. The Labute approximate surface area is 94.1 Å². The van der Waals surface area contributed by atoms with Gasteiger partial charge in [-0.05, 0) is 17.5 Å². The van der Waals surface area contributed by atoms with Gasteiger partial charge < -0.3 is 10.2 Å². The highest BCUT2D eigenvalue weighted by Gasteiger charge is 2.30. The highest BCUT2D eigenvalue weighted by molar-refractivity contribution is 5.74. The van der Waals surface area contributed by atoms with E-state index in [1.165, 1.54) is 0 Å². The molecular formula is C12H15NO3. The molecule has 0 aliphatic carbocycles. The Morgan fingerprint density at radius 3 is 2.69 bits per heavy atom. The largest absolute Gasteiger partial charge is 0.480 e. The number of carbonyl (C=O) groups is 1. The highest BCUT2D eigenvalue weighted by Crippen LogP contribution is 2.22. The maximum absolute atomic E-state index is 11.1. The lowest BCUT2D eigenvalue weighted by Gasteiger charge is -2.33. The number of hydrogen-bond acceptors (Lipinski definition) is 3. The van der Waals surface area contributed by atoms with Gasteiger partial charge in [0, 0.05) is 13.1 Å². The summed E-state index contributed by atoms with van der Waals surface area (Å²) in [6.45, 7) is 1.00. The molecule has 0 radical (unpaired) electrons. The standard InChI is InChI=1S/C12H15NO3/c14-6-5-13-8-10-4-2-1-3-9(10)7-11(13)12(15)16/h1-4,11,14H,5-8H2,(H,15,16)/t11-/m0/s1. The number of rotatable bonds is 3. The summed E-state index contributed by atoms with van der Waals surface area (Å²) in [6, 6.07) is 7.36. The first-order valence-corrected chi connectivity index (χ1v) is 5.37. The third kappa shape index (κ3) is 2.08. The maximum Gasteiger partial charge on any atom is 0.321 e. The maximum atomic E-state index is 11.1.